The van der Waals surface area contributed by atoms with E-state index in [1.54, 1.807) is 12.1 Å². The molecule has 3 fully saturated rings. The molecule has 2 saturated heterocycles. The van der Waals surface area contributed by atoms with E-state index in [-0.39, 0.29) is 29.3 Å². The lowest BCUT2D eigenvalue weighted by molar-refractivity contribution is 0.0758. The summed E-state index contributed by atoms with van der Waals surface area (Å²) in [7, 11) is -3.46. The van der Waals surface area contributed by atoms with Crippen LogP contribution in [0.2, 0.25) is 0 Å². The molecule has 2 aliphatic heterocycles. The fraction of sp³-hybridized carbons (Fsp3) is 0.611. The van der Waals surface area contributed by atoms with Crippen LogP contribution in [0.3, 0.4) is 0 Å². The minimum absolute atomic E-state index is 0. The van der Waals surface area contributed by atoms with Crippen molar-refractivity contribution in [3.8, 4) is 0 Å². The van der Waals surface area contributed by atoms with Gasteiger partial charge in [-0.05, 0) is 74.9 Å². The quantitative estimate of drug-likeness (QED) is 0.806. The van der Waals surface area contributed by atoms with E-state index >= 15 is 0 Å². The van der Waals surface area contributed by atoms with Crippen molar-refractivity contribution in [1.82, 2.24) is 14.9 Å². The smallest absolute Gasteiger partial charge is 0.253 e. The van der Waals surface area contributed by atoms with Crippen molar-refractivity contribution in [2.24, 2.45) is 11.8 Å². The third-order valence-corrected chi connectivity index (χ3v) is 7.15. The van der Waals surface area contributed by atoms with E-state index in [0.717, 1.165) is 51.9 Å². The largest absolute Gasteiger partial charge is 0.339 e. The molecule has 1 aromatic carbocycles. The molecule has 0 bridgehead atoms. The van der Waals surface area contributed by atoms with Crippen molar-refractivity contribution in [2.75, 3.05) is 26.2 Å². The molecular weight excluding hydrogens is 374 g/mol. The van der Waals surface area contributed by atoms with Gasteiger partial charge in [-0.25, -0.2) is 13.1 Å². The SMILES string of the molecule is Cl.O=C(c1ccc(S(=O)(=O)NC2CC2)cc1)N1CC[C@@H]2CNC[C@@H]2CC1. The Labute approximate surface area is 161 Å². The first-order valence-electron chi connectivity index (χ1n) is 9.15. The summed E-state index contributed by atoms with van der Waals surface area (Å²) in [5.41, 5.74) is 0.565. The number of hydrogen-bond acceptors (Lipinski definition) is 4. The maximum absolute atomic E-state index is 12.8. The van der Waals surface area contributed by atoms with Gasteiger partial charge in [-0.2, -0.15) is 0 Å². The second kappa shape index (κ2) is 7.84. The number of hydrogen-bond donors (Lipinski definition) is 2. The first-order valence-corrected chi connectivity index (χ1v) is 10.6. The molecule has 0 aromatic heterocycles. The first-order chi connectivity index (χ1) is 12.0. The van der Waals surface area contributed by atoms with Crippen LogP contribution < -0.4 is 10.0 Å². The van der Waals surface area contributed by atoms with Crippen LogP contribution >= 0.6 is 12.4 Å². The topological polar surface area (TPSA) is 78.5 Å². The van der Waals surface area contributed by atoms with Crippen molar-refractivity contribution >= 4 is 28.3 Å². The van der Waals surface area contributed by atoms with Crippen LogP contribution in [0.4, 0.5) is 0 Å². The molecule has 144 valence electrons. The highest BCUT2D eigenvalue weighted by Crippen LogP contribution is 2.28. The Morgan fingerprint density at radius 1 is 1.00 bits per heavy atom. The molecule has 4 rings (SSSR count). The average molecular weight is 400 g/mol. The summed E-state index contributed by atoms with van der Waals surface area (Å²) in [6.45, 7) is 3.69. The maximum Gasteiger partial charge on any atom is 0.253 e. The number of sulfonamides is 1. The standard InChI is InChI=1S/C18H25N3O3S.ClH/c22-18(21-9-7-14-11-19-12-15(14)8-10-21)13-1-5-17(6-2-13)25(23,24)20-16-3-4-16;/h1-2,5-6,14-16,19-20H,3-4,7-12H2;1H/t14-,15+;. The predicted octanol–water partition coefficient (Wildman–Crippen LogP) is 1.62. The molecule has 2 atom stereocenters. The summed E-state index contributed by atoms with van der Waals surface area (Å²) in [5, 5.41) is 3.44. The molecule has 1 saturated carbocycles. The molecule has 26 heavy (non-hydrogen) atoms. The highest BCUT2D eigenvalue weighted by atomic mass is 35.5. The summed E-state index contributed by atoms with van der Waals surface area (Å²) in [6.07, 6.45) is 3.90. The van der Waals surface area contributed by atoms with Crippen molar-refractivity contribution in [2.45, 2.75) is 36.6 Å². The van der Waals surface area contributed by atoms with E-state index in [0.29, 0.717) is 17.4 Å². The van der Waals surface area contributed by atoms with Crippen molar-refractivity contribution in [3.05, 3.63) is 29.8 Å². The minimum Gasteiger partial charge on any atom is -0.339 e. The summed E-state index contributed by atoms with van der Waals surface area (Å²) in [6, 6.07) is 6.43. The van der Waals surface area contributed by atoms with Crippen molar-refractivity contribution in [1.29, 1.82) is 0 Å². The molecule has 2 N–H and O–H groups in total. The van der Waals surface area contributed by atoms with Gasteiger partial charge < -0.3 is 10.2 Å². The van der Waals surface area contributed by atoms with E-state index in [2.05, 4.69) is 10.0 Å². The number of nitrogens with zero attached hydrogens (tertiary/aromatic N) is 1. The highest BCUT2D eigenvalue weighted by Gasteiger charge is 2.32. The number of benzene rings is 1. The van der Waals surface area contributed by atoms with Crippen LogP contribution in [-0.4, -0.2) is 51.4 Å². The number of likely N-dealkylation sites (tertiary alicyclic amines) is 1. The maximum atomic E-state index is 12.8. The van der Waals surface area contributed by atoms with Gasteiger partial charge in [0, 0.05) is 24.7 Å². The zero-order chi connectivity index (χ0) is 17.4. The zero-order valence-corrected chi connectivity index (χ0v) is 16.3. The van der Waals surface area contributed by atoms with E-state index in [9.17, 15) is 13.2 Å². The summed E-state index contributed by atoms with van der Waals surface area (Å²) >= 11 is 0. The van der Waals surface area contributed by atoms with Crippen LogP contribution in [0.5, 0.6) is 0 Å². The second-order valence-electron chi connectivity index (χ2n) is 7.47. The monoisotopic (exact) mass is 399 g/mol. The number of carbonyl (C=O) groups is 1. The van der Waals surface area contributed by atoms with Gasteiger partial charge in [-0.1, -0.05) is 0 Å². The first kappa shape index (κ1) is 19.6. The van der Waals surface area contributed by atoms with Crippen molar-refractivity contribution in [3.63, 3.8) is 0 Å². The van der Waals surface area contributed by atoms with Crippen LogP contribution in [0.15, 0.2) is 29.2 Å². The van der Waals surface area contributed by atoms with Gasteiger partial charge in [0.05, 0.1) is 4.90 Å². The Kier molecular flexibility index (Phi) is 5.91. The molecule has 0 spiro atoms. The molecule has 2 heterocycles. The van der Waals surface area contributed by atoms with Gasteiger partial charge in [-0.15, -0.1) is 12.4 Å². The molecular formula is C18H26ClN3O3S. The number of rotatable bonds is 4. The lowest BCUT2D eigenvalue weighted by Crippen LogP contribution is -2.32. The number of amides is 1. The van der Waals surface area contributed by atoms with Crippen molar-refractivity contribution < 1.29 is 13.2 Å². The number of nitrogens with one attached hydrogen (secondary N) is 2. The van der Waals surface area contributed by atoms with Gasteiger partial charge in [-0.3, -0.25) is 4.79 Å². The number of carbonyl (C=O) groups excluding carboxylic acids is 1. The minimum atomic E-state index is -3.46. The van der Waals surface area contributed by atoms with E-state index < -0.39 is 10.0 Å². The fourth-order valence-electron chi connectivity index (χ4n) is 3.87. The number of fused-ring (bicyclic) bond motifs is 1. The molecule has 6 nitrogen and oxygen atoms in total. The molecule has 8 heteroatoms. The van der Waals surface area contributed by atoms with Crippen LogP contribution in [0, 0.1) is 11.8 Å². The van der Waals surface area contributed by atoms with Gasteiger partial charge in [0.25, 0.3) is 5.91 Å². The van der Waals surface area contributed by atoms with E-state index in [1.807, 2.05) is 4.90 Å². The zero-order valence-electron chi connectivity index (χ0n) is 14.7. The second-order valence-corrected chi connectivity index (χ2v) is 9.18. The summed E-state index contributed by atoms with van der Waals surface area (Å²) in [4.78, 5) is 14.9. The third-order valence-electron chi connectivity index (χ3n) is 5.62. The van der Waals surface area contributed by atoms with Crippen LogP contribution in [-0.2, 0) is 10.0 Å². The predicted molar refractivity (Wildman–Crippen MR) is 102 cm³/mol. The molecule has 0 unspecified atom stereocenters. The molecule has 3 aliphatic rings. The number of halogens is 1. The Balaban J connectivity index is 0.00000196. The fourth-order valence-corrected chi connectivity index (χ4v) is 5.17. The third kappa shape index (κ3) is 4.22. The molecule has 1 amide bonds. The molecule has 1 aliphatic carbocycles. The Bertz CT molecular complexity index is 735. The lowest BCUT2D eigenvalue weighted by atomic mass is 9.92. The molecule has 1 aromatic rings. The highest BCUT2D eigenvalue weighted by molar-refractivity contribution is 7.89. The van der Waals surface area contributed by atoms with E-state index in [4.69, 9.17) is 0 Å². The van der Waals surface area contributed by atoms with E-state index in [1.165, 1.54) is 12.1 Å². The molecule has 0 radical (unpaired) electrons. The van der Waals surface area contributed by atoms with Gasteiger partial charge in [0.15, 0.2) is 0 Å². The Morgan fingerprint density at radius 2 is 1.58 bits per heavy atom. The Morgan fingerprint density at radius 3 is 2.12 bits per heavy atom. The van der Waals surface area contributed by atoms with Crippen LogP contribution in [0.1, 0.15) is 36.0 Å². The normalized spacial score (nSPS) is 25.9. The van der Waals surface area contributed by atoms with Crippen LogP contribution in [0.25, 0.3) is 0 Å². The Hall–Kier alpha value is -1.15. The average Bonchev–Trinajstić information content (AvgIpc) is 3.34. The summed E-state index contributed by atoms with van der Waals surface area (Å²) < 4.78 is 27.1. The summed E-state index contributed by atoms with van der Waals surface area (Å²) in [5.74, 6) is 1.37. The van der Waals surface area contributed by atoms with Gasteiger partial charge >= 0.3 is 0 Å². The van der Waals surface area contributed by atoms with Gasteiger partial charge in [0.1, 0.15) is 0 Å². The lowest BCUT2D eigenvalue weighted by Gasteiger charge is -2.21. The van der Waals surface area contributed by atoms with Gasteiger partial charge in [0.2, 0.25) is 10.0 Å².